The Hall–Kier alpha value is -1.62. The zero-order valence-electron chi connectivity index (χ0n) is 12.8. The van der Waals surface area contributed by atoms with Crippen LogP contribution < -0.4 is 5.32 Å². The van der Waals surface area contributed by atoms with Crippen molar-refractivity contribution >= 4 is 32.7 Å². The molecule has 2 N–H and O–H groups in total. The fraction of sp³-hybridized carbons (Fsp3) is 0.500. The summed E-state index contributed by atoms with van der Waals surface area (Å²) in [5.74, 6) is 1.08. The first kappa shape index (κ1) is 16.2. The number of anilines is 1. The van der Waals surface area contributed by atoms with Gasteiger partial charge < -0.3 is 19.7 Å². The summed E-state index contributed by atoms with van der Waals surface area (Å²) in [6, 6.07) is 4.11. The highest BCUT2D eigenvalue weighted by molar-refractivity contribution is 9.10. The zero-order valence-corrected chi connectivity index (χ0v) is 14.3. The number of hydrogen-bond donors (Lipinski definition) is 2. The molecule has 0 radical (unpaired) electrons. The van der Waals surface area contributed by atoms with E-state index in [0.29, 0.717) is 11.6 Å². The van der Waals surface area contributed by atoms with Gasteiger partial charge in [0.2, 0.25) is 5.76 Å². The molecule has 1 aliphatic heterocycles. The van der Waals surface area contributed by atoms with Crippen molar-refractivity contribution in [2.45, 2.75) is 25.3 Å². The van der Waals surface area contributed by atoms with E-state index < -0.39 is 0 Å². The second kappa shape index (κ2) is 7.30. The van der Waals surface area contributed by atoms with Crippen LogP contribution in [0.4, 0.5) is 5.82 Å². The molecule has 2 aromatic heterocycles. The molecule has 7 heteroatoms. The smallest absolute Gasteiger partial charge is 0.204 e. The number of rotatable bonds is 5. The SMILES string of the molecule is N#Cc1cc2c(Br)c(NC3CCN(CCCO)CC3)ncc2o1. The third-order valence-corrected chi connectivity index (χ3v) is 4.99. The Morgan fingerprint density at radius 3 is 2.96 bits per heavy atom. The van der Waals surface area contributed by atoms with Crippen molar-refractivity contribution in [3.8, 4) is 6.07 Å². The molecule has 0 saturated carbocycles. The molecule has 1 fully saturated rings. The van der Waals surface area contributed by atoms with Gasteiger partial charge in [-0.3, -0.25) is 0 Å². The number of halogens is 1. The monoisotopic (exact) mass is 378 g/mol. The minimum absolute atomic E-state index is 0.254. The number of pyridine rings is 1. The lowest BCUT2D eigenvalue weighted by molar-refractivity contribution is 0.192. The lowest BCUT2D eigenvalue weighted by atomic mass is 10.0. The molecular weight excluding hydrogens is 360 g/mol. The predicted octanol–water partition coefficient (Wildman–Crippen LogP) is 2.72. The number of aliphatic hydroxyl groups excluding tert-OH is 1. The van der Waals surface area contributed by atoms with E-state index in [4.69, 9.17) is 14.8 Å². The molecule has 1 aliphatic rings. The van der Waals surface area contributed by atoms with Crippen molar-refractivity contribution in [3.63, 3.8) is 0 Å². The molecular formula is C16H19BrN4O2. The molecule has 1 saturated heterocycles. The summed E-state index contributed by atoms with van der Waals surface area (Å²) in [6.07, 6.45) is 4.59. The maximum absolute atomic E-state index is 8.93. The number of aliphatic hydroxyl groups is 1. The van der Waals surface area contributed by atoms with Gasteiger partial charge in [-0.2, -0.15) is 5.26 Å². The first-order chi connectivity index (χ1) is 11.2. The molecule has 23 heavy (non-hydrogen) atoms. The number of piperidine rings is 1. The summed E-state index contributed by atoms with van der Waals surface area (Å²) < 4.78 is 6.22. The van der Waals surface area contributed by atoms with Crippen LogP contribution in [-0.4, -0.2) is 47.3 Å². The fourth-order valence-corrected chi connectivity index (χ4v) is 3.45. The quantitative estimate of drug-likeness (QED) is 0.831. The molecule has 0 bridgehead atoms. The summed E-state index contributed by atoms with van der Waals surface area (Å²) in [5, 5.41) is 22.2. The third kappa shape index (κ3) is 3.66. The Kier molecular flexibility index (Phi) is 5.16. The van der Waals surface area contributed by atoms with Crippen LogP contribution in [0.2, 0.25) is 0 Å². The number of fused-ring (bicyclic) bond motifs is 1. The molecule has 3 rings (SSSR count). The Labute approximate surface area is 143 Å². The molecule has 2 aromatic rings. The van der Waals surface area contributed by atoms with E-state index in [-0.39, 0.29) is 12.4 Å². The van der Waals surface area contributed by atoms with Crippen molar-refractivity contribution in [2.75, 3.05) is 31.6 Å². The van der Waals surface area contributed by atoms with Gasteiger partial charge in [0.25, 0.3) is 0 Å². The van der Waals surface area contributed by atoms with Gasteiger partial charge in [0.05, 0.1) is 10.7 Å². The van der Waals surface area contributed by atoms with Crippen molar-refractivity contribution in [1.82, 2.24) is 9.88 Å². The van der Waals surface area contributed by atoms with Crippen LogP contribution >= 0.6 is 15.9 Å². The Balaban J connectivity index is 1.66. The van der Waals surface area contributed by atoms with Gasteiger partial charge in [-0.15, -0.1) is 0 Å². The summed E-state index contributed by atoms with van der Waals surface area (Å²) in [5.41, 5.74) is 0.609. The van der Waals surface area contributed by atoms with Crippen LogP contribution in [-0.2, 0) is 0 Å². The summed E-state index contributed by atoms with van der Waals surface area (Å²) in [6.45, 7) is 3.27. The molecule has 0 spiro atoms. The Morgan fingerprint density at radius 2 is 2.26 bits per heavy atom. The average Bonchev–Trinajstić information content (AvgIpc) is 3.01. The number of nitriles is 1. The van der Waals surface area contributed by atoms with Gasteiger partial charge in [-0.1, -0.05) is 0 Å². The van der Waals surface area contributed by atoms with E-state index in [1.54, 1.807) is 12.3 Å². The highest BCUT2D eigenvalue weighted by Gasteiger charge is 2.20. The van der Waals surface area contributed by atoms with E-state index in [0.717, 1.165) is 54.6 Å². The third-order valence-electron chi connectivity index (χ3n) is 4.19. The zero-order chi connectivity index (χ0) is 16.2. The molecule has 0 amide bonds. The minimum atomic E-state index is 0.254. The van der Waals surface area contributed by atoms with Crippen molar-refractivity contribution in [2.24, 2.45) is 0 Å². The lowest BCUT2D eigenvalue weighted by Crippen LogP contribution is -2.39. The standard InChI is InChI=1S/C16H19BrN4O2/c17-15-13-8-12(9-18)23-14(13)10-19-16(15)20-11-2-5-21(6-3-11)4-1-7-22/h8,10-11,22H,1-7H2,(H,19,20). The van der Waals surface area contributed by atoms with Crippen molar-refractivity contribution < 1.29 is 9.52 Å². The second-order valence-corrected chi connectivity index (χ2v) is 6.55. The number of furan rings is 1. The second-order valence-electron chi connectivity index (χ2n) is 5.76. The molecule has 0 atom stereocenters. The summed E-state index contributed by atoms with van der Waals surface area (Å²) in [7, 11) is 0. The van der Waals surface area contributed by atoms with Crippen molar-refractivity contribution in [1.29, 1.82) is 5.26 Å². The minimum Gasteiger partial charge on any atom is -0.444 e. The number of aromatic nitrogens is 1. The number of likely N-dealkylation sites (tertiary alicyclic amines) is 1. The van der Waals surface area contributed by atoms with Crippen LogP contribution in [0.25, 0.3) is 11.0 Å². The molecule has 0 aromatic carbocycles. The van der Waals surface area contributed by atoms with Crippen molar-refractivity contribution in [3.05, 3.63) is 22.5 Å². The Morgan fingerprint density at radius 1 is 1.48 bits per heavy atom. The van der Waals surface area contributed by atoms with E-state index in [1.165, 1.54) is 0 Å². The van der Waals surface area contributed by atoms with Gasteiger partial charge in [0.15, 0.2) is 5.58 Å². The highest BCUT2D eigenvalue weighted by Crippen LogP contribution is 2.32. The van der Waals surface area contributed by atoms with E-state index in [2.05, 4.69) is 31.1 Å². The number of nitrogens with zero attached hydrogens (tertiary/aromatic N) is 3. The average molecular weight is 379 g/mol. The molecule has 3 heterocycles. The van der Waals surface area contributed by atoms with Crippen LogP contribution in [0.5, 0.6) is 0 Å². The molecule has 0 aliphatic carbocycles. The van der Waals surface area contributed by atoms with Gasteiger partial charge >= 0.3 is 0 Å². The van der Waals surface area contributed by atoms with Gasteiger partial charge in [0.1, 0.15) is 11.9 Å². The molecule has 0 unspecified atom stereocenters. The summed E-state index contributed by atoms with van der Waals surface area (Å²) >= 11 is 3.56. The molecule has 6 nitrogen and oxygen atoms in total. The maximum Gasteiger partial charge on any atom is 0.204 e. The van der Waals surface area contributed by atoms with Crippen LogP contribution in [0.1, 0.15) is 25.0 Å². The van der Waals surface area contributed by atoms with E-state index >= 15 is 0 Å². The van der Waals surface area contributed by atoms with Crippen LogP contribution in [0.3, 0.4) is 0 Å². The fourth-order valence-electron chi connectivity index (χ4n) is 2.92. The maximum atomic E-state index is 8.93. The molecule has 122 valence electrons. The predicted molar refractivity (Wildman–Crippen MR) is 91.2 cm³/mol. The largest absolute Gasteiger partial charge is 0.444 e. The normalized spacial score (nSPS) is 16.6. The number of nitrogens with one attached hydrogen (secondary N) is 1. The van der Waals surface area contributed by atoms with Gasteiger partial charge in [-0.25, -0.2) is 4.98 Å². The Bertz CT molecular complexity index is 717. The highest BCUT2D eigenvalue weighted by atomic mass is 79.9. The summed E-state index contributed by atoms with van der Waals surface area (Å²) in [4.78, 5) is 6.79. The topological polar surface area (TPSA) is 85.3 Å². The van der Waals surface area contributed by atoms with Crippen LogP contribution in [0.15, 0.2) is 21.2 Å². The number of hydrogen-bond acceptors (Lipinski definition) is 6. The van der Waals surface area contributed by atoms with Gasteiger partial charge in [0, 0.05) is 43.7 Å². The van der Waals surface area contributed by atoms with Crippen LogP contribution in [0, 0.1) is 11.3 Å². The first-order valence-corrected chi connectivity index (χ1v) is 8.58. The van der Waals surface area contributed by atoms with Gasteiger partial charge in [-0.05, 0) is 35.2 Å². The van der Waals surface area contributed by atoms with E-state index in [9.17, 15) is 0 Å². The lowest BCUT2D eigenvalue weighted by Gasteiger charge is -2.32. The first-order valence-electron chi connectivity index (χ1n) is 7.79. The van der Waals surface area contributed by atoms with E-state index in [1.807, 2.05) is 6.07 Å².